The minimum absolute atomic E-state index is 0.0274. The van der Waals surface area contributed by atoms with Crippen LogP contribution in [0.15, 0.2) is 78.9 Å². The second kappa shape index (κ2) is 7.27. The molecule has 3 aromatic carbocycles. The van der Waals surface area contributed by atoms with E-state index in [1.165, 1.54) is 24.3 Å². The Labute approximate surface area is 144 Å². The Morgan fingerprint density at radius 3 is 2.12 bits per heavy atom. The molecule has 0 bridgehead atoms. The number of non-ortho nitro benzene ring substituents is 1. The lowest BCUT2D eigenvalue weighted by Crippen LogP contribution is -2.19. The number of carbonyl (C=O) groups excluding carboxylic acids is 1. The standard InChI is InChI=1S/C19H15N3O3/c23-19(20-15-10-12-16(13-11-15)22(24)25)21-18-9-5-4-8-17(18)14-6-2-1-3-7-14/h1-13H,(H2,20,21,23). The number of amides is 2. The molecule has 3 rings (SSSR count). The Morgan fingerprint density at radius 1 is 0.800 bits per heavy atom. The third-order valence-corrected chi connectivity index (χ3v) is 3.60. The highest BCUT2D eigenvalue weighted by molar-refractivity contribution is 6.02. The number of nitrogens with one attached hydrogen (secondary N) is 2. The van der Waals surface area contributed by atoms with Gasteiger partial charge in [-0.3, -0.25) is 10.1 Å². The molecule has 0 fully saturated rings. The zero-order valence-electron chi connectivity index (χ0n) is 13.2. The summed E-state index contributed by atoms with van der Waals surface area (Å²) in [5.74, 6) is 0. The van der Waals surface area contributed by atoms with Crippen LogP contribution >= 0.6 is 0 Å². The van der Waals surface area contributed by atoms with E-state index >= 15 is 0 Å². The fourth-order valence-corrected chi connectivity index (χ4v) is 2.41. The number of nitro benzene ring substituents is 1. The van der Waals surface area contributed by atoms with Crippen molar-refractivity contribution in [1.82, 2.24) is 0 Å². The summed E-state index contributed by atoms with van der Waals surface area (Å²) in [6, 6.07) is 22.5. The van der Waals surface area contributed by atoms with Crippen molar-refractivity contribution in [3.8, 4) is 11.1 Å². The highest BCUT2D eigenvalue weighted by atomic mass is 16.6. The van der Waals surface area contributed by atoms with Crippen LogP contribution in [-0.4, -0.2) is 11.0 Å². The first-order valence-electron chi connectivity index (χ1n) is 7.60. The Bertz CT molecular complexity index is 893. The van der Waals surface area contributed by atoms with Crippen LogP contribution in [-0.2, 0) is 0 Å². The fraction of sp³-hybridized carbons (Fsp3) is 0. The number of benzene rings is 3. The Kier molecular flexibility index (Phi) is 4.71. The summed E-state index contributed by atoms with van der Waals surface area (Å²) in [7, 11) is 0. The minimum Gasteiger partial charge on any atom is -0.308 e. The van der Waals surface area contributed by atoms with Gasteiger partial charge >= 0.3 is 6.03 Å². The van der Waals surface area contributed by atoms with E-state index in [1.807, 2.05) is 54.6 Å². The van der Waals surface area contributed by atoms with Crippen LogP contribution in [0.5, 0.6) is 0 Å². The van der Waals surface area contributed by atoms with E-state index in [2.05, 4.69) is 10.6 Å². The number of nitrogens with zero attached hydrogens (tertiary/aromatic N) is 1. The monoisotopic (exact) mass is 333 g/mol. The first kappa shape index (κ1) is 16.2. The molecule has 0 aliphatic rings. The second-order valence-electron chi connectivity index (χ2n) is 5.29. The largest absolute Gasteiger partial charge is 0.323 e. The SMILES string of the molecule is O=C(Nc1ccc([N+](=O)[O-])cc1)Nc1ccccc1-c1ccccc1. The molecule has 0 unspecified atom stereocenters. The molecule has 124 valence electrons. The predicted octanol–water partition coefficient (Wildman–Crippen LogP) is 4.91. The van der Waals surface area contributed by atoms with Crippen molar-refractivity contribution < 1.29 is 9.72 Å². The zero-order chi connectivity index (χ0) is 17.6. The summed E-state index contributed by atoms with van der Waals surface area (Å²) in [4.78, 5) is 22.4. The average Bonchev–Trinajstić information content (AvgIpc) is 2.63. The van der Waals surface area contributed by atoms with Gasteiger partial charge in [0, 0.05) is 23.4 Å². The maximum atomic E-state index is 12.2. The van der Waals surface area contributed by atoms with Gasteiger partial charge in [-0.15, -0.1) is 0 Å². The first-order chi connectivity index (χ1) is 12.1. The van der Waals surface area contributed by atoms with Gasteiger partial charge < -0.3 is 10.6 Å². The van der Waals surface area contributed by atoms with Gasteiger partial charge in [-0.2, -0.15) is 0 Å². The van der Waals surface area contributed by atoms with Gasteiger partial charge in [0.15, 0.2) is 0 Å². The summed E-state index contributed by atoms with van der Waals surface area (Å²) < 4.78 is 0. The molecule has 0 atom stereocenters. The van der Waals surface area contributed by atoms with E-state index < -0.39 is 11.0 Å². The molecule has 2 N–H and O–H groups in total. The van der Waals surface area contributed by atoms with E-state index in [-0.39, 0.29) is 5.69 Å². The van der Waals surface area contributed by atoms with E-state index in [9.17, 15) is 14.9 Å². The summed E-state index contributed by atoms with van der Waals surface area (Å²) >= 11 is 0. The normalized spacial score (nSPS) is 10.1. The topological polar surface area (TPSA) is 84.3 Å². The van der Waals surface area contributed by atoms with Crippen molar-refractivity contribution >= 4 is 23.1 Å². The van der Waals surface area contributed by atoms with Crippen molar-refractivity contribution in [3.63, 3.8) is 0 Å². The van der Waals surface area contributed by atoms with Crippen LogP contribution in [0, 0.1) is 10.1 Å². The Hall–Kier alpha value is -3.67. The van der Waals surface area contributed by atoms with Gasteiger partial charge in [-0.1, -0.05) is 48.5 Å². The van der Waals surface area contributed by atoms with Gasteiger partial charge in [-0.05, 0) is 23.8 Å². The number of hydrogen-bond donors (Lipinski definition) is 2. The molecular formula is C19H15N3O3. The number of hydrogen-bond acceptors (Lipinski definition) is 3. The Morgan fingerprint density at radius 2 is 1.44 bits per heavy atom. The lowest BCUT2D eigenvalue weighted by Gasteiger charge is -2.12. The number of carbonyl (C=O) groups is 1. The molecule has 6 heteroatoms. The molecule has 0 radical (unpaired) electrons. The van der Waals surface area contributed by atoms with Gasteiger partial charge in [0.05, 0.1) is 10.6 Å². The van der Waals surface area contributed by atoms with E-state index in [0.717, 1.165) is 11.1 Å². The fourth-order valence-electron chi connectivity index (χ4n) is 2.41. The molecule has 0 saturated carbocycles. The van der Waals surface area contributed by atoms with Crippen molar-refractivity contribution in [2.24, 2.45) is 0 Å². The highest BCUT2D eigenvalue weighted by Crippen LogP contribution is 2.27. The number of anilines is 2. The molecular weight excluding hydrogens is 318 g/mol. The third kappa shape index (κ3) is 4.00. The van der Waals surface area contributed by atoms with Gasteiger partial charge in [-0.25, -0.2) is 4.79 Å². The average molecular weight is 333 g/mol. The van der Waals surface area contributed by atoms with Crippen molar-refractivity contribution in [1.29, 1.82) is 0 Å². The summed E-state index contributed by atoms with van der Waals surface area (Å²) in [6.07, 6.45) is 0. The zero-order valence-corrected chi connectivity index (χ0v) is 13.2. The number of urea groups is 1. The summed E-state index contributed by atoms with van der Waals surface area (Å²) in [5.41, 5.74) is 3.02. The van der Waals surface area contributed by atoms with Gasteiger partial charge in [0.2, 0.25) is 0 Å². The number of para-hydroxylation sites is 1. The molecule has 25 heavy (non-hydrogen) atoms. The molecule has 0 saturated heterocycles. The van der Waals surface area contributed by atoms with Crippen LogP contribution in [0.1, 0.15) is 0 Å². The molecule has 0 heterocycles. The number of nitro groups is 1. The summed E-state index contributed by atoms with van der Waals surface area (Å²) in [6.45, 7) is 0. The second-order valence-corrected chi connectivity index (χ2v) is 5.29. The highest BCUT2D eigenvalue weighted by Gasteiger charge is 2.09. The molecule has 0 aliphatic carbocycles. The lowest BCUT2D eigenvalue weighted by atomic mass is 10.0. The molecule has 3 aromatic rings. The van der Waals surface area contributed by atoms with E-state index in [0.29, 0.717) is 11.4 Å². The van der Waals surface area contributed by atoms with Crippen LogP contribution in [0.3, 0.4) is 0 Å². The van der Waals surface area contributed by atoms with E-state index in [1.54, 1.807) is 0 Å². The Balaban J connectivity index is 1.74. The number of rotatable bonds is 4. The smallest absolute Gasteiger partial charge is 0.308 e. The van der Waals surface area contributed by atoms with Gasteiger partial charge in [0.1, 0.15) is 0 Å². The van der Waals surface area contributed by atoms with Crippen molar-refractivity contribution in [2.45, 2.75) is 0 Å². The van der Waals surface area contributed by atoms with Crippen molar-refractivity contribution in [2.75, 3.05) is 10.6 Å². The summed E-state index contributed by atoms with van der Waals surface area (Å²) in [5, 5.41) is 16.1. The van der Waals surface area contributed by atoms with Crippen LogP contribution in [0.25, 0.3) is 11.1 Å². The maximum Gasteiger partial charge on any atom is 0.323 e. The molecule has 0 spiro atoms. The molecule has 2 amide bonds. The molecule has 6 nitrogen and oxygen atoms in total. The predicted molar refractivity (Wildman–Crippen MR) is 97.6 cm³/mol. The lowest BCUT2D eigenvalue weighted by molar-refractivity contribution is -0.384. The quantitative estimate of drug-likeness (QED) is 0.526. The molecule has 0 aliphatic heterocycles. The first-order valence-corrected chi connectivity index (χ1v) is 7.60. The van der Waals surface area contributed by atoms with Crippen molar-refractivity contribution in [3.05, 3.63) is 89.0 Å². The molecule has 0 aromatic heterocycles. The van der Waals surface area contributed by atoms with E-state index in [4.69, 9.17) is 0 Å². The van der Waals surface area contributed by atoms with Gasteiger partial charge in [0.25, 0.3) is 5.69 Å². The maximum absolute atomic E-state index is 12.2. The van der Waals surface area contributed by atoms with Crippen LogP contribution in [0.2, 0.25) is 0 Å². The third-order valence-electron chi connectivity index (χ3n) is 3.60. The van der Waals surface area contributed by atoms with Crippen LogP contribution < -0.4 is 10.6 Å². The minimum atomic E-state index is -0.486. The van der Waals surface area contributed by atoms with Crippen LogP contribution in [0.4, 0.5) is 21.9 Å².